The van der Waals surface area contributed by atoms with Crippen LogP contribution in [-0.4, -0.2) is 5.91 Å². The lowest BCUT2D eigenvalue weighted by molar-refractivity contribution is 0.0955. The molecule has 2 rings (SSSR count). The second kappa shape index (κ2) is 6.33. The zero-order valence-corrected chi connectivity index (χ0v) is 13.2. The molecule has 1 aromatic heterocycles. The summed E-state index contributed by atoms with van der Waals surface area (Å²) in [5.41, 5.74) is 0.785. The van der Waals surface area contributed by atoms with Crippen LogP contribution in [0.1, 0.15) is 15.2 Å². The quantitative estimate of drug-likeness (QED) is 0.796. The summed E-state index contributed by atoms with van der Waals surface area (Å²) >= 11 is 24.5. The predicted molar refractivity (Wildman–Crippen MR) is 82.0 cm³/mol. The van der Waals surface area contributed by atoms with E-state index in [1.54, 1.807) is 18.2 Å². The van der Waals surface area contributed by atoms with E-state index in [1.165, 1.54) is 6.07 Å². The molecule has 0 saturated carbocycles. The second-order valence-electron chi connectivity index (χ2n) is 3.65. The van der Waals surface area contributed by atoms with E-state index in [9.17, 15) is 4.79 Å². The van der Waals surface area contributed by atoms with Crippen LogP contribution in [0.15, 0.2) is 24.3 Å². The van der Waals surface area contributed by atoms with Crippen LogP contribution in [0.3, 0.4) is 0 Å². The van der Waals surface area contributed by atoms with E-state index >= 15 is 0 Å². The molecule has 0 fully saturated rings. The molecule has 0 aliphatic heterocycles. The van der Waals surface area contributed by atoms with Gasteiger partial charge in [-0.25, -0.2) is 0 Å². The number of halogens is 4. The monoisotopic (exact) mass is 353 g/mol. The minimum atomic E-state index is -0.246. The van der Waals surface area contributed by atoms with Crippen LogP contribution in [0.5, 0.6) is 0 Å². The normalized spacial score (nSPS) is 10.5. The van der Waals surface area contributed by atoms with Gasteiger partial charge in [-0.15, -0.1) is 11.3 Å². The lowest BCUT2D eigenvalue weighted by Crippen LogP contribution is -2.21. The summed E-state index contributed by atoms with van der Waals surface area (Å²) in [5, 5.41) is 4.18. The van der Waals surface area contributed by atoms with Crippen LogP contribution in [0.25, 0.3) is 0 Å². The first-order valence-electron chi connectivity index (χ1n) is 5.14. The number of benzene rings is 1. The maximum Gasteiger partial charge on any atom is 0.261 e. The van der Waals surface area contributed by atoms with Crippen LogP contribution in [0, 0.1) is 0 Å². The molecule has 1 N–H and O–H groups in total. The van der Waals surface area contributed by atoms with Crippen molar-refractivity contribution in [1.29, 1.82) is 0 Å². The highest BCUT2D eigenvalue weighted by Gasteiger charge is 2.12. The first kappa shape index (κ1) is 14.9. The fourth-order valence-electron chi connectivity index (χ4n) is 1.39. The Morgan fingerprint density at radius 3 is 2.42 bits per heavy atom. The molecule has 0 atom stereocenters. The molecule has 2 nitrogen and oxygen atoms in total. The molecule has 0 unspecified atom stereocenters. The Labute approximate surface area is 134 Å². The van der Waals surface area contributed by atoms with E-state index < -0.39 is 0 Å². The summed E-state index contributed by atoms with van der Waals surface area (Å²) in [4.78, 5) is 12.3. The summed E-state index contributed by atoms with van der Waals surface area (Å²) in [6.45, 7) is 0.308. The molecule has 100 valence electrons. The summed E-state index contributed by atoms with van der Waals surface area (Å²) in [6, 6.07) is 6.64. The second-order valence-corrected chi connectivity index (χ2v) is 6.56. The van der Waals surface area contributed by atoms with Crippen molar-refractivity contribution < 1.29 is 4.79 Å². The number of nitrogens with one attached hydrogen (secondary N) is 1. The molecule has 0 bridgehead atoms. The zero-order chi connectivity index (χ0) is 14.0. The lowest BCUT2D eigenvalue weighted by atomic mass is 10.2. The molecule has 0 aliphatic carbocycles. The Bertz CT molecular complexity index is 607. The molecule has 0 saturated heterocycles. The molecule has 1 amide bonds. The maximum absolute atomic E-state index is 11.9. The van der Waals surface area contributed by atoms with Gasteiger partial charge in [-0.05, 0) is 23.8 Å². The van der Waals surface area contributed by atoms with Crippen LogP contribution in [0.2, 0.25) is 19.4 Å². The van der Waals surface area contributed by atoms with Crippen molar-refractivity contribution in [3.8, 4) is 0 Å². The van der Waals surface area contributed by atoms with Gasteiger partial charge in [0.15, 0.2) is 0 Å². The highest BCUT2D eigenvalue weighted by atomic mass is 35.5. The Hall–Kier alpha value is -0.450. The number of carbonyl (C=O) groups is 1. The van der Waals surface area contributed by atoms with Gasteiger partial charge in [0.2, 0.25) is 0 Å². The van der Waals surface area contributed by atoms with Gasteiger partial charge in [0, 0.05) is 16.6 Å². The van der Waals surface area contributed by atoms with E-state index in [-0.39, 0.29) is 5.91 Å². The van der Waals surface area contributed by atoms with Gasteiger partial charge in [0.05, 0.1) is 9.90 Å². The minimum absolute atomic E-state index is 0.246. The van der Waals surface area contributed by atoms with Crippen LogP contribution in [-0.2, 0) is 6.54 Å². The van der Waals surface area contributed by atoms with Gasteiger partial charge in [0.25, 0.3) is 5.91 Å². The van der Waals surface area contributed by atoms with E-state index in [4.69, 9.17) is 46.4 Å². The first-order chi connectivity index (χ1) is 8.97. The van der Waals surface area contributed by atoms with Gasteiger partial charge in [0.1, 0.15) is 4.34 Å². The number of amides is 1. The largest absolute Gasteiger partial charge is 0.347 e. The van der Waals surface area contributed by atoms with Crippen molar-refractivity contribution in [2.45, 2.75) is 6.54 Å². The number of hydrogen-bond acceptors (Lipinski definition) is 2. The molecule has 0 aliphatic rings. The SMILES string of the molecule is O=C(NCc1ccc(Cl)cc1Cl)c1cc(Cl)c(Cl)s1. The number of rotatable bonds is 3. The Kier molecular flexibility index (Phi) is 4.98. The first-order valence-corrected chi connectivity index (χ1v) is 7.47. The highest BCUT2D eigenvalue weighted by Crippen LogP contribution is 2.31. The van der Waals surface area contributed by atoms with E-state index in [2.05, 4.69) is 5.32 Å². The Balaban J connectivity index is 2.04. The average molecular weight is 355 g/mol. The van der Waals surface area contributed by atoms with E-state index in [1.807, 2.05) is 0 Å². The van der Waals surface area contributed by atoms with Crippen molar-refractivity contribution in [2.75, 3.05) is 0 Å². The van der Waals surface area contributed by atoms with Crippen LogP contribution < -0.4 is 5.32 Å². The molecule has 0 radical (unpaired) electrons. The molecule has 1 heterocycles. The topological polar surface area (TPSA) is 29.1 Å². The highest BCUT2D eigenvalue weighted by molar-refractivity contribution is 7.18. The summed E-state index contributed by atoms with van der Waals surface area (Å²) < 4.78 is 0.399. The predicted octanol–water partition coefficient (Wildman–Crippen LogP) is 5.29. The van der Waals surface area contributed by atoms with Crippen molar-refractivity contribution in [3.63, 3.8) is 0 Å². The molecule has 1 aromatic carbocycles. The maximum atomic E-state index is 11.9. The van der Waals surface area contributed by atoms with Crippen molar-refractivity contribution in [1.82, 2.24) is 5.32 Å². The van der Waals surface area contributed by atoms with E-state index in [0.29, 0.717) is 30.8 Å². The molecular formula is C12H7Cl4NOS. The molecule has 2 aromatic rings. The fourth-order valence-corrected chi connectivity index (χ4v) is 3.15. The third-order valence-corrected chi connectivity index (χ3v) is 4.77. The zero-order valence-electron chi connectivity index (χ0n) is 9.34. The summed E-state index contributed by atoms with van der Waals surface area (Å²) in [5.74, 6) is -0.246. The summed E-state index contributed by atoms with van der Waals surface area (Å²) in [7, 11) is 0. The number of carbonyl (C=O) groups excluding carboxylic acids is 1. The van der Waals surface area contributed by atoms with Gasteiger partial charge >= 0.3 is 0 Å². The van der Waals surface area contributed by atoms with Gasteiger partial charge in [-0.1, -0.05) is 52.5 Å². The van der Waals surface area contributed by atoms with Crippen molar-refractivity contribution >= 4 is 63.6 Å². The molecule has 0 spiro atoms. The average Bonchev–Trinajstić information content (AvgIpc) is 2.68. The van der Waals surface area contributed by atoms with Gasteiger partial charge in [-0.3, -0.25) is 4.79 Å². The third-order valence-electron chi connectivity index (χ3n) is 2.32. The number of hydrogen-bond donors (Lipinski definition) is 1. The van der Waals surface area contributed by atoms with E-state index in [0.717, 1.165) is 16.9 Å². The van der Waals surface area contributed by atoms with Crippen molar-refractivity contribution in [2.24, 2.45) is 0 Å². The molecular weight excluding hydrogens is 348 g/mol. The smallest absolute Gasteiger partial charge is 0.261 e. The molecule has 19 heavy (non-hydrogen) atoms. The Morgan fingerprint density at radius 1 is 1.11 bits per heavy atom. The molecule has 7 heteroatoms. The van der Waals surface area contributed by atoms with Gasteiger partial charge < -0.3 is 5.32 Å². The number of thiophene rings is 1. The lowest BCUT2D eigenvalue weighted by Gasteiger charge is -2.06. The summed E-state index contributed by atoms with van der Waals surface area (Å²) in [6.07, 6.45) is 0. The fraction of sp³-hybridized carbons (Fsp3) is 0.0833. The van der Waals surface area contributed by atoms with Gasteiger partial charge in [-0.2, -0.15) is 0 Å². The van der Waals surface area contributed by atoms with Crippen LogP contribution >= 0.6 is 57.7 Å². The Morgan fingerprint density at radius 2 is 1.84 bits per heavy atom. The standard InChI is InChI=1S/C12H7Cl4NOS/c13-7-2-1-6(8(14)3-7)5-17-12(18)10-4-9(15)11(16)19-10/h1-4H,5H2,(H,17,18). The van der Waals surface area contributed by atoms with Crippen LogP contribution in [0.4, 0.5) is 0 Å². The minimum Gasteiger partial charge on any atom is -0.347 e. The van der Waals surface area contributed by atoms with Crippen molar-refractivity contribution in [3.05, 3.63) is 54.1 Å². The third kappa shape index (κ3) is 3.77.